The second-order valence-corrected chi connectivity index (χ2v) is 6.70. The monoisotopic (exact) mass is 325 g/mol. The van der Waals surface area contributed by atoms with Crippen molar-refractivity contribution in [2.75, 3.05) is 17.6 Å². The van der Waals surface area contributed by atoms with Gasteiger partial charge in [0.25, 0.3) is 0 Å². The van der Waals surface area contributed by atoms with Crippen molar-refractivity contribution in [1.82, 2.24) is 5.32 Å². The summed E-state index contributed by atoms with van der Waals surface area (Å²) in [5.74, 6) is 0.742. The summed E-state index contributed by atoms with van der Waals surface area (Å²) in [6, 6.07) is 1.89. The van der Waals surface area contributed by atoms with Gasteiger partial charge in [-0.3, -0.25) is 0 Å². The van der Waals surface area contributed by atoms with Gasteiger partial charge < -0.3 is 16.4 Å². The van der Waals surface area contributed by atoms with Crippen LogP contribution in [0.15, 0.2) is 6.07 Å². The number of thiocarbonyl (C=S) groups is 1. The normalized spacial score (nSPS) is 15.8. The van der Waals surface area contributed by atoms with Gasteiger partial charge in [-0.15, -0.1) is 0 Å². The first-order valence-corrected chi connectivity index (χ1v) is 8.37. The third-order valence-corrected chi connectivity index (χ3v) is 5.13. The summed E-state index contributed by atoms with van der Waals surface area (Å²) in [6.45, 7) is 4.84. The second kappa shape index (κ2) is 7.32. The highest BCUT2D eigenvalue weighted by molar-refractivity contribution is 7.80. The topological polar surface area (TPSA) is 50.1 Å². The summed E-state index contributed by atoms with van der Waals surface area (Å²) in [5.41, 5.74) is 9.43. The predicted octanol–water partition coefficient (Wildman–Crippen LogP) is 4.41. The lowest BCUT2D eigenvalue weighted by molar-refractivity contribution is 0.357. The quantitative estimate of drug-likeness (QED) is 0.569. The van der Waals surface area contributed by atoms with E-state index in [9.17, 15) is 0 Å². The van der Waals surface area contributed by atoms with Crippen LogP contribution < -0.4 is 16.4 Å². The maximum absolute atomic E-state index is 6.29. The molecule has 1 aromatic rings. The van der Waals surface area contributed by atoms with Gasteiger partial charge in [-0.05, 0) is 62.0 Å². The molecule has 21 heavy (non-hydrogen) atoms. The van der Waals surface area contributed by atoms with Gasteiger partial charge in [0, 0.05) is 17.9 Å². The standard InChI is InChI=1S/C16H24ClN3S/c1-10-13(18)8-14(11(2)15(10)17)20-16(21)19-9-12-6-4-3-5-7-12/h8,12H,3-7,9,18H2,1-2H3,(H2,19,20,21). The molecule has 1 saturated carbocycles. The van der Waals surface area contributed by atoms with Crippen molar-refractivity contribution in [3.63, 3.8) is 0 Å². The fourth-order valence-electron chi connectivity index (χ4n) is 2.82. The minimum atomic E-state index is 0.642. The molecule has 1 aliphatic rings. The van der Waals surface area contributed by atoms with Crippen LogP contribution >= 0.6 is 23.8 Å². The Morgan fingerprint density at radius 3 is 2.62 bits per heavy atom. The number of halogens is 1. The number of rotatable bonds is 3. The van der Waals surface area contributed by atoms with Crippen LogP contribution in [0.2, 0.25) is 5.02 Å². The van der Waals surface area contributed by atoms with Crippen LogP contribution in [-0.4, -0.2) is 11.7 Å². The molecule has 2 rings (SSSR count). The molecule has 0 unspecified atom stereocenters. The first-order chi connectivity index (χ1) is 9.99. The van der Waals surface area contributed by atoms with E-state index in [1.807, 2.05) is 19.9 Å². The van der Waals surface area contributed by atoms with Crippen LogP contribution in [0.5, 0.6) is 0 Å². The Kier molecular flexibility index (Phi) is 5.71. The number of hydrogen-bond acceptors (Lipinski definition) is 2. The molecule has 116 valence electrons. The zero-order valence-corrected chi connectivity index (χ0v) is 14.3. The lowest BCUT2D eigenvalue weighted by Crippen LogP contribution is -2.33. The van der Waals surface area contributed by atoms with Crippen molar-refractivity contribution < 1.29 is 0 Å². The molecule has 0 spiro atoms. The molecule has 1 fully saturated rings. The Labute approximate surface area is 137 Å². The van der Waals surface area contributed by atoms with E-state index in [1.54, 1.807) is 0 Å². The lowest BCUT2D eigenvalue weighted by atomic mass is 9.89. The molecular formula is C16H24ClN3S. The van der Waals surface area contributed by atoms with Crippen molar-refractivity contribution in [3.8, 4) is 0 Å². The maximum Gasteiger partial charge on any atom is 0.170 e. The van der Waals surface area contributed by atoms with Gasteiger partial charge in [-0.25, -0.2) is 0 Å². The summed E-state index contributed by atoms with van der Waals surface area (Å²) in [5, 5.41) is 7.88. The van der Waals surface area contributed by atoms with Crippen LogP contribution in [0.3, 0.4) is 0 Å². The average Bonchev–Trinajstić information content (AvgIpc) is 2.49. The predicted molar refractivity (Wildman–Crippen MR) is 96.1 cm³/mol. The highest BCUT2D eigenvalue weighted by atomic mass is 35.5. The smallest absolute Gasteiger partial charge is 0.170 e. The van der Waals surface area contributed by atoms with Gasteiger partial charge in [0.15, 0.2) is 5.11 Å². The molecule has 0 aromatic heterocycles. The van der Waals surface area contributed by atoms with Gasteiger partial charge in [0.2, 0.25) is 0 Å². The summed E-state index contributed by atoms with van der Waals surface area (Å²) in [4.78, 5) is 0. The Morgan fingerprint density at radius 2 is 1.95 bits per heavy atom. The molecule has 0 saturated heterocycles. The molecule has 5 heteroatoms. The SMILES string of the molecule is Cc1c(N)cc(NC(=S)NCC2CCCCC2)c(C)c1Cl. The molecule has 0 aliphatic heterocycles. The second-order valence-electron chi connectivity index (χ2n) is 5.92. The van der Waals surface area contributed by atoms with Crippen molar-refractivity contribution >= 4 is 40.3 Å². The first kappa shape index (κ1) is 16.4. The molecule has 1 aliphatic carbocycles. The number of nitrogen functional groups attached to an aromatic ring is 1. The molecule has 0 radical (unpaired) electrons. The summed E-state index contributed by atoms with van der Waals surface area (Å²) >= 11 is 11.7. The fraction of sp³-hybridized carbons (Fsp3) is 0.562. The molecule has 1 aromatic carbocycles. The van der Waals surface area contributed by atoms with Gasteiger partial charge in [-0.2, -0.15) is 0 Å². The highest BCUT2D eigenvalue weighted by Crippen LogP contribution is 2.31. The number of hydrogen-bond donors (Lipinski definition) is 3. The van der Waals surface area contributed by atoms with Crippen molar-refractivity contribution in [3.05, 3.63) is 22.2 Å². The summed E-state index contributed by atoms with van der Waals surface area (Å²) in [7, 11) is 0. The first-order valence-electron chi connectivity index (χ1n) is 7.59. The van der Waals surface area contributed by atoms with Crippen LogP contribution in [0.25, 0.3) is 0 Å². The van der Waals surface area contributed by atoms with Crippen LogP contribution in [0.1, 0.15) is 43.2 Å². The van der Waals surface area contributed by atoms with E-state index < -0.39 is 0 Å². The summed E-state index contributed by atoms with van der Waals surface area (Å²) < 4.78 is 0. The molecular weight excluding hydrogens is 302 g/mol. The number of anilines is 2. The zero-order valence-electron chi connectivity index (χ0n) is 12.8. The van der Waals surface area contributed by atoms with Crippen molar-refractivity contribution in [1.29, 1.82) is 0 Å². The van der Waals surface area contributed by atoms with Crippen molar-refractivity contribution in [2.24, 2.45) is 5.92 Å². The van der Waals surface area contributed by atoms with Gasteiger partial charge in [-0.1, -0.05) is 30.9 Å². The Morgan fingerprint density at radius 1 is 1.29 bits per heavy atom. The maximum atomic E-state index is 6.29. The molecule has 0 atom stereocenters. The van der Waals surface area contributed by atoms with Gasteiger partial charge in [0.05, 0.1) is 5.02 Å². The van der Waals surface area contributed by atoms with Crippen LogP contribution in [0.4, 0.5) is 11.4 Å². The minimum absolute atomic E-state index is 0.642. The number of benzene rings is 1. The number of nitrogens with one attached hydrogen (secondary N) is 2. The molecule has 0 bridgehead atoms. The van der Waals surface area contributed by atoms with Crippen molar-refractivity contribution in [2.45, 2.75) is 46.0 Å². The third-order valence-electron chi connectivity index (χ3n) is 4.32. The summed E-state index contributed by atoms with van der Waals surface area (Å²) in [6.07, 6.45) is 6.67. The molecule has 0 heterocycles. The van der Waals surface area contributed by atoms with E-state index in [1.165, 1.54) is 32.1 Å². The highest BCUT2D eigenvalue weighted by Gasteiger charge is 2.14. The van der Waals surface area contributed by atoms with E-state index in [4.69, 9.17) is 29.6 Å². The average molecular weight is 326 g/mol. The van der Waals surface area contributed by atoms with Gasteiger partial charge in [0.1, 0.15) is 0 Å². The minimum Gasteiger partial charge on any atom is -0.398 e. The largest absolute Gasteiger partial charge is 0.398 e. The van der Waals surface area contributed by atoms with Crippen LogP contribution in [-0.2, 0) is 0 Å². The van der Waals surface area contributed by atoms with E-state index in [-0.39, 0.29) is 0 Å². The van der Waals surface area contributed by atoms with Gasteiger partial charge >= 0.3 is 0 Å². The Bertz CT molecular complexity index is 525. The van der Waals surface area contributed by atoms with E-state index in [0.29, 0.717) is 15.8 Å². The molecule has 0 amide bonds. The lowest BCUT2D eigenvalue weighted by Gasteiger charge is -2.23. The van der Waals surface area contributed by atoms with Crippen LogP contribution in [0, 0.1) is 19.8 Å². The van der Waals surface area contributed by atoms with E-state index in [2.05, 4.69) is 10.6 Å². The van der Waals surface area contributed by atoms with E-state index >= 15 is 0 Å². The number of nitrogens with two attached hydrogens (primary N) is 1. The zero-order chi connectivity index (χ0) is 15.4. The van der Waals surface area contributed by atoms with E-state index in [0.717, 1.165) is 29.3 Å². The third kappa shape index (κ3) is 4.24. The molecule has 3 nitrogen and oxygen atoms in total. The Balaban J connectivity index is 1.93. The molecule has 4 N–H and O–H groups in total. The Hall–Kier alpha value is -1.00. The fourth-order valence-corrected chi connectivity index (χ4v) is 3.23.